The Balaban J connectivity index is 3.08. The molecule has 0 saturated carbocycles. The molecular formula is C6H10NOPS. The molecule has 0 aliphatic heterocycles. The molecule has 1 aromatic heterocycles. The summed E-state index contributed by atoms with van der Waals surface area (Å²) in [4.78, 5) is 0. The van der Waals surface area contributed by atoms with Gasteiger partial charge in [-0.2, -0.15) is 0 Å². The molecule has 56 valence electrons. The van der Waals surface area contributed by atoms with E-state index in [0.29, 0.717) is 0 Å². The molecule has 0 aliphatic rings. The molecule has 0 radical (unpaired) electrons. The van der Waals surface area contributed by atoms with Gasteiger partial charge in [0.25, 0.3) is 0 Å². The topological polar surface area (TPSA) is 43.1 Å². The molecular weight excluding hydrogens is 165 g/mol. The molecule has 2 N–H and O–H groups in total. The molecule has 0 amide bonds. The van der Waals surface area contributed by atoms with E-state index in [2.05, 4.69) is 0 Å². The standard InChI is InChI=1S/C6H10NOPS/c1-9(2,8)5-3-6(7)10-4-5/h3-4H,7H2,1-2H3. The summed E-state index contributed by atoms with van der Waals surface area (Å²) in [5.74, 6) is 0. The predicted molar refractivity (Wildman–Crippen MR) is 47.8 cm³/mol. The summed E-state index contributed by atoms with van der Waals surface area (Å²) in [6, 6.07) is 1.78. The summed E-state index contributed by atoms with van der Waals surface area (Å²) in [6.07, 6.45) is 0. The average molecular weight is 175 g/mol. The van der Waals surface area contributed by atoms with Gasteiger partial charge in [-0.1, -0.05) is 0 Å². The molecule has 2 nitrogen and oxygen atoms in total. The molecule has 0 unspecified atom stereocenters. The van der Waals surface area contributed by atoms with Crippen LogP contribution in [0.25, 0.3) is 0 Å². The number of hydrogen-bond donors (Lipinski definition) is 1. The van der Waals surface area contributed by atoms with Crippen molar-refractivity contribution in [2.75, 3.05) is 19.1 Å². The van der Waals surface area contributed by atoms with Gasteiger partial charge in [-0.25, -0.2) is 0 Å². The molecule has 0 saturated heterocycles. The third-order valence-corrected chi connectivity index (χ3v) is 3.67. The van der Waals surface area contributed by atoms with Gasteiger partial charge in [0.2, 0.25) is 0 Å². The minimum Gasteiger partial charge on any atom is -0.391 e. The SMILES string of the molecule is CP(C)(=O)c1csc(N)c1. The van der Waals surface area contributed by atoms with E-state index >= 15 is 0 Å². The van der Waals surface area contributed by atoms with Gasteiger partial charge in [0.1, 0.15) is 7.14 Å². The Bertz CT molecular complexity index is 275. The lowest BCUT2D eigenvalue weighted by molar-refractivity contribution is 0.588. The van der Waals surface area contributed by atoms with Crippen LogP contribution in [-0.4, -0.2) is 13.3 Å². The van der Waals surface area contributed by atoms with E-state index in [-0.39, 0.29) is 0 Å². The molecule has 0 bridgehead atoms. The number of nitrogen functional groups attached to an aromatic ring is 1. The van der Waals surface area contributed by atoms with E-state index in [1.807, 2.05) is 5.38 Å². The predicted octanol–water partition coefficient (Wildman–Crippen LogP) is 1.58. The summed E-state index contributed by atoms with van der Waals surface area (Å²) in [5.41, 5.74) is 5.47. The highest BCUT2D eigenvalue weighted by Crippen LogP contribution is 2.36. The third kappa shape index (κ3) is 1.61. The van der Waals surface area contributed by atoms with Crippen molar-refractivity contribution in [2.45, 2.75) is 0 Å². The van der Waals surface area contributed by atoms with Crippen molar-refractivity contribution < 1.29 is 4.57 Å². The zero-order chi connectivity index (χ0) is 7.78. The van der Waals surface area contributed by atoms with Gasteiger partial charge < -0.3 is 10.3 Å². The Labute approximate surface area is 64.4 Å². The summed E-state index contributed by atoms with van der Waals surface area (Å²) in [6.45, 7) is 3.49. The van der Waals surface area contributed by atoms with Crippen molar-refractivity contribution >= 4 is 28.8 Å². The molecule has 1 heterocycles. The maximum atomic E-state index is 11.4. The van der Waals surface area contributed by atoms with Gasteiger partial charge in [-0.05, 0) is 19.4 Å². The van der Waals surface area contributed by atoms with Gasteiger partial charge in [-0.3, -0.25) is 0 Å². The van der Waals surface area contributed by atoms with Gasteiger partial charge in [0.05, 0.1) is 5.00 Å². The first-order valence-electron chi connectivity index (χ1n) is 2.90. The maximum Gasteiger partial charge on any atom is 0.110 e. The van der Waals surface area contributed by atoms with Crippen molar-refractivity contribution in [2.24, 2.45) is 0 Å². The largest absolute Gasteiger partial charge is 0.391 e. The van der Waals surface area contributed by atoms with Crippen LogP contribution in [0, 0.1) is 0 Å². The van der Waals surface area contributed by atoms with Crippen LogP contribution in [0.5, 0.6) is 0 Å². The lowest BCUT2D eigenvalue weighted by Crippen LogP contribution is -1.97. The first-order chi connectivity index (χ1) is 4.50. The normalized spacial score (nSPS) is 11.8. The summed E-state index contributed by atoms with van der Waals surface area (Å²) in [5, 5.41) is 3.48. The fourth-order valence-corrected chi connectivity index (χ4v) is 2.86. The Kier molecular flexibility index (Phi) is 1.88. The second-order valence-electron chi connectivity index (χ2n) is 2.56. The molecule has 1 rings (SSSR count). The smallest absolute Gasteiger partial charge is 0.110 e. The van der Waals surface area contributed by atoms with Crippen molar-refractivity contribution in [3.05, 3.63) is 11.4 Å². The quantitative estimate of drug-likeness (QED) is 0.658. The molecule has 0 fully saturated rings. The fourth-order valence-electron chi connectivity index (χ4n) is 0.625. The van der Waals surface area contributed by atoms with Gasteiger partial charge in [-0.15, -0.1) is 11.3 Å². The highest BCUT2D eigenvalue weighted by atomic mass is 32.1. The zero-order valence-corrected chi connectivity index (χ0v) is 7.71. The van der Waals surface area contributed by atoms with Crippen LogP contribution in [0.4, 0.5) is 5.00 Å². The second-order valence-corrected chi connectivity index (χ2v) is 6.72. The Morgan fingerprint density at radius 3 is 2.40 bits per heavy atom. The van der Waals surface area contributed by atoms with E-state index in [1.54, 1.807) is 19.4 Å². The van der Waals surface area contributed by atoms with Crippen LogP contribution < -0.4 is 11.0 Å². The lowest BCUT2D eigenvalue weighted by atomic mass is 10.6. The van der Waals surface area contributed by atoms with Crippen molar-refractivity contribution in [1.29, 1.82) is 0 Å². The van der Waals surface area contributed by atoms with Crippen LogP contribution in [0.2, 0.25) is 0 Å². The van der Waals surface area contributed by atoms with Gasteiger partial charge >= 0.3 is 0 Å². The van der Waals surface area contributed by atoms with Gasteiger partial charge in [0, 0.05) is 10.7 Å². The van der Waals surface area contributed by atoms with E-state index in [1.165, 1.54) is 11.3 Å². The number of hydrogen-bond acceptors (Lipinski definition) is 3. The van der Waals surface area contributed by atoms with Crippen LogP contribution in [0.3, 0.4) is 0 Å². The van der Waals surface area contributed by atoms with Crippen LogP contribution in [-0.2, 0) is 4.57 Å². The van der Waals surface area contributed by atoms with E-state index < -0.39 is 7.14 Å². The summed E-state index contributed by atoms with van der Waals surface area (Å²) >= 11 is 1.44. The maximum absolute atomic E-state index is 11.4. The minimum absolute atomic E-state index is 0.735. The minimum atomic E-state index is -2.07. The van der Waals surface area contributed by atoms with E-state index in [0.717, 1.165) is 10.3 Å². The fraction of sp³-hybridized carbons (Fsp3) is 0.333. The zero-order valence-electron chi connectivity index (χ0n) is 6.00. The average Bonchev–Trinajstić information content (AvgIpc) is 2.11. The number of rotatable bonds is 1. The number of nitrogens with two attached hydrogens (primary N) is 1. The van der Waals surface area contributed by atoms with Crippen molar-refractivity contribution in [1.82, 2.24) is 0 Å². The summed E-state index contributed by atoms with van der Waals surface area (Å²) in [7, 11) is -2.07. The van der Waals surface area contributed by atoms with E-state index in [4.69, 9.17) is 5.73 Å². The first kappa shape index (κ1) is 7.83. The van der Waals surface area contributed by atoms with Crippen LogP contribution in [0.15, 0.2) is 11.4 Å². The Hall–Kier alpha value is -0.270. The third-order valence-electron chi connectivity index (χ3n) is 1.23. The van der Waals surface area contributed by atoms with Gasteiger partial charge in [0.15, 0.2) is 0 Å². The highest BCUT2D eigenvalue weighted by Gasteiger charge is 2.11. The molecule has 0 atom stereocenters. The second kappa shape index (κ2) is 2.40. The molecule has 0 spiro atoms. The molecule has 10 heavy (non-hydrogen) atoms. The summed E-state index contributed by atoms with van der Waals surface area (Å²) < 4.78 is 11.4. The molecule has 1 aromatic rings. The van der Waals surface area contributed by atoms with Crippen LogP contribution >= 0.6 is 18.5 Å². The Morgan fingerprint density at radius 2 is 2.20 bits per heavy atom. The van der Waals surface area contributed by atoms with Crippen LogP contribution in [0.1, 0.15) is 0 Å². The molecule has 0 aliphatic carbocycles. The number of anilines is 1. The monoisotopic (exact) mass is 175 g/mol. The van der Waals surface area contributed by atoms with E-state index in [9.17, 15) is 4.57 Å². The van der Waals surface area contributed by atoms with Crippen molar-refractivity contribution in [3.8, 4) is 0 Å². The first-order valence-corrected chi connectivity index (χ1v) is 6.38. The number of thiophene rings is 1. The lowest BCUT2D eigenvalue weighted by Gasteiger charge is -2.00. The highest BCUT2D eigenvalue weighted by molar-refractivity contribution is 7.70. The molecule has 0 aromatic carbocycles. The Morgan fingerprint density at radius 1 is 1.60 bits per heavy atom. The molecule has 4 heteroatoms. The van der Waals surface area contributed by atoms with Crippen molar-refractivity contribution in [3.63, 3.8) is 0 Å².